The average molecular weight is 230 g/mol. The van der Waals surface area contributed by atoms with E-state index in [0.717, 1.165) is 5.56 Å². The monoisotopic (exact) mass is 230 g/mol. The minimum absolute atomic E-state index is 0.0543. The van der Waals surface area contributed by atoms with E-state index >= 15 is 0 Å². The molecule has 5 nitrogen and oxygen atoms in total. The molecule has 0 saturated carbocycles. The lowest BCUT2D eigenvalue weighted by Crippen LogP contribution is -2.25. The molecule has 0 radical (unpaired) electrons. The number of aromatic nitrogens is 1. The second kappa shape index (κ2) is 4.59. The molecule has 0 atom stereocenters. The van der Waals surface area contributed by atoms with E-state index in [1.54, 1.807) is 26.2 Å². The van der Waals surface area contributed by atoms with Gasteiger partial charge in [-0.3, -0.25) is 4.79 Å². The summed E-state index contributed by atoms with van der Waals surface area (Å²) < 4.78 is 26.1. The first-order valence-corrected chi connectivity index (χ1v) is 6.23. The molecule has 6 heteroatoms. The van der Waals surface area contributed by atoms with Gasteiger partial charge in [0.2, 0.25) is 15.6 Å². The maximum atomic E-state index is 11.1. The van der Waals surface area contributed by atoms with E-state index in [1.807, 2.05) is 0 Å². The minimum Gasteiger partial charge on any atom is -0.318 e. The van der Waals surface area contributed by atoms with Gasteiger partial charge in [-0.2, -0.15) is 0 Å². The molecule has 1 rings (SSSR count). The first-order valence-electron chi connectivity index (χ1n) is 4.57. The number of nitrogens with zero attached hydrogens (tertiary/aromatic N) is 1. The van der Waals surface area contributed by atoms with E-state index in [0.29, 0.717) is 0 Å². The Kier molecular flexibility index (Phi) is 3.65. The van der Waals surface area contributed by atoms with Gasteiger partial charge in [0.05, 0.1) is 5.75 Å². The standard InChI is InChI=1S/C9H14N2O3S/c1-3-15(13,14)10-6-8-4-5-9(12)11(2)7-8/h4-5,7,10H,3,6H2,1-2H3. The van der Waals surface area contributed by atoms with Gasteiger partial charge in [-0.05, 0) is 12.5 Å². The summed E-state index contributed by atoms with van der Waals surface area (Å²) in [6.07, 6.45) is 1.61. The fourth-order valence-electron chi connectivity index (χ4n) is 1.05. The average Bonchev–Trinajstić information content (AvgIpc) is 2.20. The molecule has 0 aliphatic rings. The first kappa shape index (κ1) is 11.9. The van der Waals surface area contributed by atoms with Crippen LogP contribution in [0.5, 0.6) is 0 Å². The molecule has 0 fully saturated rings. The molecule has 0 aliphatic carbocycles. The molecule has 1 aromatic heterocycles. The quantitative estimate of drug-likeness (QED) is 0.780. The number of pyridine rings is 1. The third kappa shape index (κ3) is 3.49. The van der Waals surface area contributed by atoms with Crippen LogP contribution in [0.25, 0.3) is 0 Å². The van der Waals surface area contributed by atoms with E-state index in [-0.39, 0.29) is 17.9 Å². The van der Waals surface area contributed by atoms with Crippen LogP contribution in [-0.2, 0) is 23.6 Å². The van der Waals surface area contributed by atoms with Crippen molar-refractivity contribution in [2.45, 2.75) is 13.5 Å². The Bertz CT molecular complexity index is 490. The van der Waals surface area contributed by atoms with Crippen LogP contribution in [0.4, 0.5) is 0 Å². The molecule has 84 valence electrons. The number of rotatable bonds is 4. The predicted molar refractivity (Wildman–Crippen MR) is 58.0 cm³/mol. The number of hydrogen-bond donors (Lipinski definition) is 1. The zero-order valence-corrected chi connectivity index (χ0v) is 9.54. The van der Waals surface area contributed by atoms with E-state index in [2.05, 4.69) is 4.72 Å². The lowest BCUT2D eigenvalue weighted by molar-refractivity contribution is 0.582. The second-order valence-corrected chi connectivity index (χ2v) is 5.31. The third-order valence-electron chi connectivity index (χ3n) is 2.02. The number of nitrogens with one attached hydrogen (secondary N) is 1. The number of sulfonamides is 1. The Morgan fingerprint density at radius 1 is 1.40 bits per heavy atom. The highest BCUT2D eigenvalue weighted by molar-refractivity contribution is 7.89. The van der Waals surface area contributed by atoms with Crippen molar-refractivity contribution in [2.75, 3.05) is 5.75 Å². The molecular weight excluding hydrogens is 216 g/mol. The van der Waals surface area contributed by atoms with E-state index in [4.69, 9.17) is 0 Å². The normalized spacial score (nSPS) is 11.6. The van der Waals surface area contributed by atoms with Crippen LogP contribution in [0.3, 0.4) is 0 Å². The smallest absolute Gasteiger partial charge is 0.250 e. The maximum absolute atomic E-state index is 11.1. The van der Waals surface area contributed by atoms with Crippen molar-refractivity contribution < 1.29 is 8.42 Å². The lowest BCUT2D eigenvalue weighted by atomic mass is 10.3. The Morgan fingerprint density at radius 3 is 2.60 bits per heavy atom. The second-order valence-electron chi connectivity index (χ2n) is 3.21. The molecule has 0 saturated heterocycles. The molecular formula is C9H14N2O3S. The summed E-state index contributed by atoms with van der Waals surface area (Å²) in [6, 6.07) is 3.02. The zero-order valence-electron chi connectivity index (χ0n) is 8.73. The van der Waals surface area contributed by atoms with Gasteiger partial charge in [-0.25, -0.2) is 13.1 Å². The molecule has 0 spiro atoms. The minimum atomic E-state index is -3.18. The maximum Gasteiger partial charge on any atom is 0.250 e. The van der Waals surface area contributed by atoms with Gasteiger partial charge in [-0.15, -0.1) is 0 Å². The summed E-state index contributed by atoms with van der Waals surface area (Å²) in [5.41, 5.74) is 0.645. The largest absolute Gasteiger partial charge is 0.318 e. The summed E-state index contributed by atoms with van der Waals surface area (Å²) in [5, 5.41) is 0. The van der Waals surface area contributed by atoms with Crippen molar-refractivity contribution >= 4 is 10.0 Å². The Balaban J connectivity index is 2.75. The number of hydrogen-bond acceptors (Lipinski definition) is 3. The predicted octanol–water partition coefficient (Wildman–Crippen LogP) is -0.175. The van der Waals surface area contributed by atoms with Crippen LogP contribution in [0.2, 0.25) is 0 Å². The molecule has 1 heterocycles. The topological polar surface area (TPSA) is 68.2 Å². The van der Waals surface area contributed by atoms with Crippen molar-refractivity contribution in [2.24, 2.45) is 7.05 Å². The van der Waals surface area contributed by atoms with Crippen molar-refractivity contribution in [3.8, 4) is 0 Å². The van der Waals surface area contributed by atoms with E-state index < -0.39 is 10.0 Å². The van der Waals surface area contributed by atoms with E-state index in [1.165, 1.54) is 10.6 Å². The highest BCUT2D eigenvalue weighted by Crippen LogP contribution is 1.95. The Morgan fingerprint density at radius 2 is 2.07 bits per heavy atom. The van der Waals surface area contributed by atoms with Gasteiger partial charge in [0.15, 0.2) is 0 Å². The van der Waals surface area contributed by atoms with Crippen LogP contribution in [-0.4, -0.2) is 18.7 Å². The van der Waals surface area contributed by atoms with Gasteiger partial charge in [0.25, 0.3) is 0 Å². The van der Waals surface area contributed by atoms with Crippen molar-refractivity contribution in [3.63, 3.8) is 0 Å². The summed E-state index contributed by atoms with van der Waals surface area (Å²) in [6.45, 7) is 1.79. The van der Waals surface area contributed by atoms with E-state index in [9.17, 15) is 13.2 Å². The van der Waals surface area contributed by atoms with Crippen LogP contribution in [0.1, 0.15) is 12.5 Å². The highest BCUT2D eigenvalue weighted by Gasteiger charge is 2.05. The van der Waals surface area contributed by atoms with Gasteiger partial charge in [0, 0.05) is 25.9 Å². The molecule has 0 amide bonds. The van der Waals surface area contributed by atoms with Crippen LogP contribution in [0.15, 0.2) is 23.1 Å². The van der Waals surface area contributed by atoms with Gasteiger partial charge >= 0.3 is 0 Å². The van der Waals surface area contributed by atoms with Crippen LogP contribution >= 0.6 is 0 Å². The van der Waals surface area contributed by atoms with Gasteiger partial charge in [0.1, 0.15) is 0 Å². The number of aryl methyl sites for hydroxylation is 1. The lowest BCUT2D eigenvalue weighted by Gasteiger charge is -2.05. The first-order chi connectivity index (χ1) is 6.94. The SMILES string of the molecule is CCS(=O)(=O)NCc1ccc(=O)n(C)c1. The third-order valence-corrected chi connectivity index (χ3v) is 3.37. The molecule has 1 aromatic rings. The zero-order chi connectivity index (χ0) is 11.5. The highest BCUT2D eigenvalue weighted by atomic mass is 32.2. The summed E-state index contributed by atoms with van der Waals surface area (Å²) in [5.74, 6) is 0.0543. The van der Waals surface area contributed by atoms with Gasteiger partial charge in [-0.1, -0.05) is 6.07 Å². The van der Waals surface area contributed by atoms with Crippen LogP contribution in [0, 0.1) is 0 Å². The molecule has 0 bridgehead atoms. The summed E-state index contributed by atoms with van der Waals surface area (Å²) in [7, 11) is -1.55. The molecule has 1 N–H and O–H groups in total. The van der Waals surface area contributed by atoms with Gasteiger partial charge < -0.3 is 4.57 Å². The van der Waals surface area contributed by atoms with Crippen molar-refractivity contribution in [1.29, 1.82) is 0 Å². The fourth-order valence-corrected chi connectivity index (χ4v) is 1.64. The summed E-state index contributed by atoms with van der Waals surface area (Å²) in [4.78, 5) is 11.1. The molecule has 0 unspecified atom stereocenters. The Labute approximate surface area is 88.8 Å². The molecule has 0 aliphatic heterocycles. The van der Waals surface area contributed by atoms with Crippen molar-refractivity contribution in [1.82, 2.24) is 9.29 Å². The fraction of sp³-hybridized carbons (Fsp3) is 0.444. The molecule has 0 aromatic carbocycles. The summed E-state index contributed by atoms with van der Waals surface area (Å²) >= 11 is 0. The van der Waals surface area contributed by atoms with Crippen LogP contribution < -0.4 is 10.3 Å². The Hall–Kier alpha value is -1.14. The van der Waals surface area contributed by atoms with Crippen molar-refractivity contribution in [3.05, 3.63) is 34.2 Å². The molecule has 15 heavy (non-hydrogen) atoms.